The second-order valence-electron chi connectivity index (χ2n) is 3.30. The third-order valence-corrected chi connectivity index (χ3v) is 2.38. The molecule has 1 aromatic carbocycles. The van der Waals surface area contributed by atoms with E-state index in [4.69, 9.17) is 11.6 Å². The minimum Gasteiger partial charge on any atom is -0.508 e. The van der Waals surface area contributed by atoms with Gasteiger partial charge in [-0.05, 0) is 18.1 Å². The van der Waals surface area contributed by atoms with Gasteiger partial charge >= 0.3 is 0 Å². The van der Waals surface area contributed by atoms with Crippen LogP contribution in [0, 0.1) is 0 Å². The summed E-state index contributed by atoms with van der Waals surface area (Å²) < 4.78 is 0. The van der Waals surface area contributed by atoms with E-state index in [1.165, 1.54) is 12.1 Å². The Balaban J connectivity index is 3.17. The van der Waals surface area contributed by atoms with Crippen molar-refractivity contribution >= 4 is 17.4 Å². The van der Waals surface area contributed by atoms with E-state index < -0.39 is 0 Å². The van der Waals surface area contributed by atoms with E-state index >= 15 is 0 Å². The maximum atomic E-state index is 11.3. The van der Waals surface area contributed by atoms with Gasteiger partial charge in [0.25, 0.3) is 0 Å². The summed E-state index contributed by atoms with van der Waals surface area (Å²) in [5, 5.41) is 18.9. The molecule has 0 aliphatic carbocycles. The number of Topliss-reactive ketones (excluding diaryl/α,β-unsaturated/α-hetero) is 1. The minimum atomic E-state index is -0.341. The van der Waals surface area contributed by atoms with Crippen LogP contribution in [0.25, 0.3) is 0 Å². The molecule has 0 spiro atoms. The van der Waals surface area contributed by atoms with Crippen LogP contribution in [0.15, 0.2) is 12.1 Å². The number of phenolic OH excluding ortho intramolecular Hbond substituents is 2. The number of alkyl halides is 1. The molecule has 0 amide bonds. The molecule has 0 atom stereocenters. The molecule has 0 saturated carbocycles. The Kier molecular flexibility index (Phi) is 3.97. The molecule has 0 fully saturated rings. The van der Waals surface area contributed by atoms with Crippen LogP contribution in [0.3, 0.4) is 0 Å². The van der Waals surface area contributed by atoms with Crippen LogP contribution in [-0.2, 0) is 6.42 Å². The predicted molar refractivity (Wildman–Crippen MR) is 58.8 cm³/mol. The normalized spacial score (nSPS) is 10.3. The number of phenols is 2. The highest BCUT2D eigenvalue weighted by atomic mass is 35.5. The average molecular weight is 229 g/mol. The molecule has 0 heterocycles. The average Bonchev–Trinajstić information content (AvgIpc) is 2.21. The van der Waals surface area contributed by atoms with Crippen molar-refractivity contribution in [2.24, 2.45) is 0 Å². The van der Waals surface area contributed by atoms with Crippen LogP contribution in [-0.4, -0.2) is 21.9 Å². The molecule has 0 saturated heterocycles. The van der Waals surface area contributed by atoms with Gasteiger partial charge in [-0.2, -0.15) is 0 Å². The van der Waals surface area contributed by atoms with Crippen LogP contribution in [0.5, 0.6) is 11.5 Å². The Morgan fingerprint density at radius 1 is 1.33 bits per heavy atom. The number of rotatable bonds is 4. The van der Waals surface area contributed by atoms with Crippen LogP contribution in [0.2, 0.25) is 0 Å². The van der Waals surface area contributed by atoms with Gasteiger partial charge in [-0.1, -0.05) is 13.3 Å². The summed E-state index contributed by atoms with van der Waals surface area (Å²) >= 11 is 5.40. The first-order chi connectivity index (χ1) is 7.10. The van der Waals surface area contributed by atoms with Crippen molar-refractivity contribution in [3.05, 3.63) is 23.3 Å². The zero-order valence-corrected chi connectivity index (χ0v) is 9.21. The summed E-state index contributed by atoms with van der Waals surface area (Å²) in [6.45, 7) is 1.97. The Bertz CT molecular complexity index is 374. The van der Waals surface area contributed by atoms with Crippen molar-refractivity contribution < 1.29 is 15.0 Å². The van der Waals surface area contributed by atoms with E-state index in [2.05, 4.69) is 0 Å². The molecule has 0 unspecified atom stereocenters. The van der Waals surface area contributed by atoms with Gasteiger partial charge < -0.3 is 10.2 Å². The third-order valence-electron chi connectivity index (χ3n) is 2.14. The fourth-order valence-electron chi connectivity index (χ4n) is 1.39. The van der Waals surface area contributed by atoms with Crippen molar-refractivity contribution in [2.45, 2.75) is 19.8 Å². The Labute approximate surface area is 93.3 Å². The van der Waals surface area contributed by atoms with E-state index in [9.17, 15) is 15.0 Å². The van der Waals surface area contributed by atoms with Crippen molar-refractivity contribution in [3.63, 3.8) is 0 Å². The number of aromatic hydroxyl groups is 2. The third kappa shape index (κ3) is 2.63. The van der Waals surface area contributed by atoms with Crippen LogP contribution in [0.1, 0.15) is 29.3 Å². The zero-order chi connectivity index (χ0) is 11.4. The molecule has 0 bridgehead atoms. The van der Waals surface area contributed by atoms with E-state index in [1.807, 2.05) is 6.92 Å². The summed E-state index contributed by atoms with van der Waals surface area (Å²) in [4.78, 5) is 11.3. The highest BCUT2D eigenvalue weighted by Crippen LogP contribution is 2.28. The van der Waals surface area contributed by atoms with Gasteiger partial charge in [-0.25, -0.2) is 0 Å². The summed E-state index contributed by atoms with van der Waals surface area (Å²) in [6.07, 6.45) is 1.52. The molecule has 2 N–H and O–H groups in total. The van der Waals surface area contributed by atoms with E-state index in [1.54, 1.807) is 0 Å². The summed E-state index contributed by atoms with van der Waals surface area (Å²) in [5.74, 6) is -0.728. The smallest absolute Gasteiger partial charge is 0.181 e. The molecule has 3 nitrogen and oxygen atoms in total. The molecular weight excluding hydrogens is 216 g/mol. The summed E-state index contributed by atoms with van der Waals surface area (Å²) in [6, 6.07) is 2.68. The van der Waals surface area contributed by atoms with Crippen LogP contribution < -0.4 is 0 Å². The summed E-state index contributed by atoms with van der Waals surface area (Å²) in [7, 11) is 0. The SMILES string of the molecule is CCCc1cc(C(=O)CCl)c(O)cc1O. The van der Waals surface area contributed by atoms with E-state index in [0.29, 0.717) is 12.0 Å². The second kappa shape index (κ2) is 5.03. The molecule has 4 heteroatoms. The van der Waals surface area contributed by atoms with Crippen LogP contribution in [0.4, 0.5) is 0 Å². The Morgan fingerprint density at radius 2 is 2.00 bits per heavy atom. The largest absolute Gasteiger partial charge is 0.508 e. The topological polar surface area (TPSA) is 57.5 Å². The van der Waals surface area contributed by atoms with Crippen molar-refractivity contribution in [1.82, 2.24) is 0 Å². The molecule has 0 radical (unpaired) electrons. The number of hydrogen-bond donors (Lipinski definition) is 2. The maximum absolute atomic E-state index is 11.3. The zero-order valence-electron chi connectivity index (χ0n) is 8.46. The quantitative estimate of drug-likeness (QED) is 0.615. The predicted octanol–water partition coefficient (Wildman–Crippen LogP) is 2.47. The lowest BCUT2D eigenvalue weighted by atomic mass is 10.0. The second-order valence-corrected chi connectivity index (χ2v) is 3.57. The van der Waals surface area contributed by atoms with Crippen molar-refractivity contribution in [1.29, 1.82) is 0 Å². The first-order valence-corrected chi connectivity index (χ1v) is 5.27. The molecular formula is C11H13ClO3. The van der Waals surface area contributed by atoms with Crippen molar-refractivity contribution in [2.75, 3.05) is 5.88 Å². The van der Waals surface area contributed by atoms with Gasteiger partial charge in [0.15, 0.2) is 5.78 Å². The summed E-state index contributed by atoms with van der Waals surface area (Å²) in [5.41, 5.74) is 0.829. The van der Waals surface area contributed by atoms with Gasteiger partial charge in [0.05, 0.1) is 11.4 Å². The maximum Gasteiger partial charge on any atom is 0.181 e. The number of ketones is 1. The van der Waals surface area contributed by atoms with Gasteiger partial charge in [0.1, 0.15) is 11.5 Å². The lowest BCUT2D eigenvalue weighted by Gasteiger charge is -2.07. The molecule has 0 aromatic heterocycles. The van der Waals surface area contributed by atoms with Crippen LogP contribution >= 0.6 is 11.6 Å². The van der Waals surface area contributed by atoms with Gasteiger partial charge in [-0.3, -0.25) is 4.79 Å². The lowest BCUT2D eigenvalue weighted by molar-refractivity contribution is 0.101. The molecule has 0 aliphatic heterocycles. The highest BCUT2D eigenvalue weighted by molar-refractivity contribution is 6.30. The minimum absolute atomic E-state index is 0.0143. The van der Waals surface area contributed by atoms with Crippen molar-refractivity contribution in [3.8, 4) is 11.5 Å². The fourth-order valence-corrected chi connectivity index (χ4v) is 1.53. The van der Waals surface area contributed by atoms with Gasteiger partial charge in [0.2, 0.25) is 0 Å². The number of halogens is 1. The highest BCUT2D eigenvalue weighted by Gasteiger charge is 2.13. The van der Waals surface area contributed by atoms with E-state index in [-0.39, 0.29) is 28.7 Å². The molecule has 1 rings (SSSR count). The van der Waals surface area contributed by atoms with Gasteiger partial charge in [-0.15, -0.1) is 11.6 Å². The number of benzene rings is 1. The first-order valence-electron chi connectivity index (χ1n) is 4.74. The number of carbonyl (C=O) groups is 1. The standard InChI is InChI=1S/C11H13ClO3/c1-2-3-7-4-8(11(15)6-12)10(14)5-9(7)13/h4-5,13-14H,2-3,6H2,1H3. The Hall–Kier alpha value is -1.22. The monoisotopic (exact) mass is 228 g/mol. The molecule has 82 valence electrons. The Morgan fingerprint density at radius 3 is 2.53 bits per heavy atom. The molecule has 15 heavy (non-hydrogen) atoms. The number of carbonyl (C=O) groups excluding carboxylic acids is 1. The first kappa shape index (κ1) is 11.9. The van der Waals surface area contributed by atoms with E-state index in [0.717, 1.165) is 6.42 Å². The molecule has 0 aliphatic rings. The number of aryl methyl sites for hydroxylation is 1. The van der Waals surface area contributed by atoms with Gasteiger partial charge in [0, 0.05) is 6.07 Å². The lowest BCUT2D eigenvalue weighted by Crippen LogP contribution is -2.02. The molecule has 1 aromatic rings. The number of hydrogen-bond acceptors (Lipinski definition) is 3. The fraction of sp³-hybridized carbons (Fsp3) is 0.364.